The molecule has 0 fully saturated rings. The molecular weight excluding hydrogens is 276 g/mol. The lowest BCUT2D eigenvalue weighted by Gasteiger charge is -2.01. The van der Waals surface area contributed by atoms with Gasteiger partial charge in [0.1, 0.15) is 12.4 Å². The van der Waals surface area contributed by atoms with Crippen LogP contribution in [0.2, 0.25) is 0 Å². The van der Waals surface area contributed by atoms with E-state index < -0.39 is 5.97 Å². The normalized spacial score (nSPS) is 10.1. The molecule has 0 N–H and O–H groups in total. The third kappa shape index (κ3) is 15.1. The van der Waals surface area contributed by atoms with Gasteiger partial charge in [0.2, 0.25) is 6.33 Å². The minimum atomic E-state index is -1.08. The van der Waals surface area contributed by atoms with Gasteiger partial charge in [-0.1, -0.05) is 58.3 Å². The van der Waals surface area contributed by atoms with Crippen LogP contribution in [0, 0.1) is 0 Å². The van der Waals surface area contributed by atoms with Crippen LogP contribution in [0.4, 0.5) is 0 Å². The third-order valence-corrected chi connectivity index (χ3v) is 3.59. The zero-order chi connectivity index (χ0) is 16.6. The molecular formula is C18H34N2O2. The fourth-order valence-corrected chi connectivity index (χ4v) is 2.42. The third-order valence-electron chi connectivity index (χ3n) is 3.59. The van der Waals surface area contributed by atoms with Crippen molar-refractivity contribution in [2.45, 2.75) is 84.6 Å². The molecule has 1 aromatic rings. The van der Waals surface area contributed by atoms with Gasteiger partial charge in [-0.2, -0.15) is 0 Å². The van der Waals surface area contributed by atoms with Crippen LogP contribution in [0.15, 0.2) is 18.7 Å². The molecule has 0 radical (unpaired) electrons. The van der Waals surface area contributed by atoms with Gasteiger partial charge in [0.05, 0.1) is 13.6 Å². The molecule has 0 aliphatic rings. The van der Waals surface area contributed by atoms with Crippen LogP contribution < -0.4 is 9.67 Å². The Balaban J connectivity index is 0.000000980. The van der Waals surface area contributed by atoms with Gasteiger partial charge in [0.25, 0.3) is 0 Å². The number of imidazole rings is 1. The van der Waals surface area contributed by atoms with Gasteiger partial charge in [0.15, 0.2) is 0 Å². The topological polar surface area (TPSA) is 48.9 Å². The van der Waals surface area contributed by atoms with Crippen LogP contribution in [-0.2, 0) is 18.4 Å². The first kappa shape index (κ1) is 20.7. The van der Waals surface area contributed by atoms with Gasteiger partial charge in [0, 0.05) is 5.97 Å². The van der Waals surface area contributed by atoms with Gasteiger partial charge in [-0.05, 0) is 19.8 Å². The van der Waals surface area contributed by atoms with E-state index in [1.54, 1.807) is 0 Å². The van der Waals surface area contributed by atoms with Crippen molar-refractivity contribution in [1.29, 1.82) is 0 Å². The number of hydrogen-bond acceptors (Lipinski definition) is 2. The average molecular weight is 310 g/mol. The smallest absolute Gasteiger partial charge is 0.243 e. The standard InChI is InChI=1S/C16H31N2.C2H4O2/c1-3-4-5-6-7-8-9-10-11-12-13-18-15-14-17(2)16-18;1-2(3)4/h14-16H,3-13H2,1-2H3;1H3,(H,3,4)/q+1;/p-1. The van der Waals surface area contributed by atoms with Gasteiger partial charge < -0.3 is 9.90 Å². The quantitative estimate of drug-likeness (QED) is 0.466. The number of unbranched alkanes of at least 4 members (excludes halogenated alkanes) is 9. The highest BCUT2D eigenvalue weighted by molar-refractivity contribution is 5.60. The molecule has 1 rings (SSSR count). The molecule has 128 valence electrons. The predicted molar refractivity (Wildman–Crippen MR) is 88.1 cm³/mol. The highest BCUT2D eigenvalue weighted by atomic mass is 16.4. The van der Waals surface area contributed by atoms with Gasteiger partial charge >= 0.3 is 0 Å². The zero-order valence-corrected chi connectivity index (χ0v) is 14.7. The van der Waals surface area contributed by atoms with Crippen molar-refractivity contribution >= 4 is 5.97 Å². The molecule has 0 saturated heterocycles. The number of aryl methyl sites for hydroxylation is 2. The lowest BCUT2D eigenvalue weighted by molar-refractivity contribution is -0.671. The largest absolute Gasteiger partial charge is 0.550 e. The second-order valence-corrected chi connectivity index (χ2v) is 5.99. The summed E-state index contributed by atoms with van der Waals surface area (Å²) in [6.07, 6.45) is 20.6. The fourth-order valence-electron chi connectivity index (χ4n) is 2.42. The van der Waals surface area contributed by atoms with Crippen molar-refractivity contribution in [3.8, 4) is 0 Å². The summed E-state index contributed by atoms with van der Waals surface area (Å²) in [5.41, 5.74) is 0. The molecule has 0 atom stereocenters. The minimum absolute atomic E-state index is 0.972. The minimum Gasteiger partial charge on any atom is -0.550 e. The molecule has 1 aromatic heterocycles. The molecule has 4 nitrogen and oxygen atoms in total. The second kappa shape index (κ2) is 14.6. The van der Waals surface area contributed by atoms with Gasteiger partial charge in [-0.3, -0.25) is 0 Å². The maximum absolute atomic E-state index is 8.89. The van der Waals surface area contributed by atoms with E-state index in [4.69, 9.17) is 9.90 Å². The number of carbonyl (C=O) groups excluding carboxylic acids is 1. The predicted octanol–water partition coefficient (Wildman–Crippen LogP) is 2.99. The molecule has 0 amide bonds. The van der Waals surface area contributed by atoms with Crippen molar-refractivity contribution < 1.29 is 14.5 Å². The lowest BCUT2D eigenvalue weighted by Crippen LogP contribution is -2.23. The van der Waals surface area contributed by atoms with Gasteiger partial charge in [-0.15, -0.1) is 0 Å². The first-order chi connectivity index (χ1) is 10.6. The summed E-state index contributed by atoms with van der Waals surface area (Å²) in [7, 11) is 2.08. The molecule has 0 saturated carbocycles. The van der Waals surface area contributed by atoms with Crippen LogP contribution in [-0.4, -0.2) is 10.5 Å². The number of aromatic nitrogens is 2. The Morgan fingerprint density at radius 1 is 1.00 bits per heavy atom. The lowest BCUT2D eigenvalue weighted by atomic mass is 10.1. The molecule has 0 bridgehead atoms. The van der Waals surface area contributed by atoms with Crippen molar-refractivity contribution in [3.05, 3.63) is 18.7 Å². The number of carboxylic acid groups (broad SMARTS) is 1. The average Bonchev–Trinajstić information content (AvgIpc) is 2.86. The Hall–Kier alpha value is -1.32. The Bertz CT molecular complexity index is 371. The van der Waals surface area contributed by atoms with Crippen LogP contribution >= 0.6 is 0 Å². The maximum atomic E-state index is 8.89. The van der Waals surface area contributed by atoms with E-state index in [1.807, 2.05) is 0 Å². The Kier molecular flexibility index (Phi) is 13.7. The summed E-state index contributed by atoms with van der Waals surface area (Å²) >= 11 is 0. The molecule has 1 heterocycles. The summed E-state index contributed by atoms with van der Waals surface area (Å²) in [5, 5.41) is 8.89. The molecule has 22 heavy (non-hydrogen) atoms. The van der Waals surface area contributed by atoms with Crippen LogP contribution in [0.25, 0.3) is 0 Å². The van der Waals surface area contributed by atoms with Crippen molar-refractivity contribution in [2.24, 2.45) is 7.05 Å². The van der Waals surface area contributed by atoms with E-state index in [1.165, 1.54) is 70.8 Å². The van der Waals surface area contributed by atoms with Gasteiger partial charge in [-0.25, -0.2) is 9.13 Å². The highest BCUT2D eigenvalue weighted by Gasteiger charge is 1.99. The number of rotatable bonds is 11. The van der Waals surface area contributed by atoms with Crippen molar-refractivity contribution in [1.82, 2.24) is 4.57 Å². The Morgan fingerprint density at radius 3 is 1.86 bits per heavy atom. The summed E-state index contributed by atoms with van der Waals surface area (Å²) < 4.78 is 4.39. The molecule has 0 unspecified atom stereocenters. The monoisotopic (exact) mass is 310 g/mol. The van der Waals surface area contributed by atoms with E-state index in [0.29, 0.717) is 0 Å². The molecule has 0 aliphatic carbocycles. The summed E-state index contributed by atoms with van der Waals surface area (Å²) in [5.74, 6) is -1.08. The molecule has 0 spiro atoms. The van der Waals surface area contributed by atoms with Crippen LogP contribution in [0.5, 0.6) is 0 Å². The molecule has 0 aliphatic heterocycles. The first-order valence-corrected chi connectivity index (χ1v) is 8.74. The summed E-state index contributed by atoms with van der Waals surface area (Å²) in [6, 6.07) is 0. The van der Waals surface area contributed by atoms with E-state index in [0.717, 1.165) is 6.92 Å². The fraction of sp³-hybridized carbons (Fsp3) is 0.778. The molecule has 0 aromatic carbocycles. The maximum Gasteiger partial charge on any atom is 0.243 e. The first-order valence-electron chi connectivity index (χ1n) is 8.74. The number of hydrogen-bond donors (Lipinski definition) is 0. The number of carbonyl (C=O) groups is 1. The summed E-state index contributed by atoms with van der Waals surface area (Å²) in [6.45, 7) is 4.43. The molecule has 4 heteroatoms. The van der Waals surface area contributed by atoms with E-state index in [9.17, 15) is 0 Å². The van der Waals surface area contributed by atoms with Crippen molar-refractivity contribution in [3.63, 3.8) is 0 Å². The number of nitrogens with zero attached hydrogens (tertiary/aromatic N) is 2. The summed E-state index contributed by atoms with van der Waals surface area (Å²) in [4.78, 5) is 8.89. The number of aliphatic carboxylic acids is 1. The second-order valence-electron chi connectivity index (χ2n) is 5.99. The van der Waals surface area contributed by atoms with E-state index >= 15 is 0 Å². The van der Waals surface area contributed by atoms with Crippen LogP contribution in [0.1, 0.15) is 78.1 Å². The van der Waals surface area contributed by atoms with E-state index in [2.05, 4.69) is 41.8 Å². The van der Waals surface area contributed by atoms with E-state index in [-0.39, 0.29) is 0 Å². The SMILES string of the molecule is CC(=O)[O-].CCCCCCCCCCCCn1cc[n+](C)c1. The Morgan fingerprint density at radius 2 is 1.45 bits per heavy atom. The zero-order valence-electron chi connectivity index (χ0n) is 14.7. The van der Waals surface area contributed by atoms with Crippen LogP contribution in [0.3, 0.4) is 0 Å². The highest BCUT2D eigenvalue weighted by Crippen LogP contribution is 2.10. The number of carboxylic acids is 1. The Labute approximate surface area is 136 Å². The van der Waals surface area contributed by atoms with Crippen molar-refractivity contribution in [2.75, 3.05) is 0 Å².